The maximum absolute atomic E-state index is 13.2. The van der Waals surface area contributed by atoms with Crippen LogP contribution in [0.2, 0.25) is 0 Å². The summed E-state index contributed by atoms with van der Waals surface area (Å²) in [5.74, 6) is -0.229. The molecule has 1 amide bonds. The predicted molar refractivity (Wildman–Crippen MR) is 137 cm³/mol. The zero-order valence-corrected chi connectivity index (χ0v) is 21.0. The summed E-state index contributed by atoms with van der Waals surface area (Å²) in [6.45, 7) is 7.92. The number of amides is 1. The Hall–Kier alpha value is -3.43. The largest absolute Gasteiger partial charge is 0.464 e. The summed E-state index contributed by atoms with van der Waals surface area (Å²) >= 11 is 0. The van der Waals surface area contributed by atoms with Gasteiger partial charge in [-0.2, -0.15) is 0 Å². The van der Waals surface area contributed by atoms with Crippen molar-refractivity contribution in [2.24, 2.45) is 22.4 Å². The van der Waals surface area contributed by atoms with Crippen molar-refractivity contribution in [3.63, 3.8) is 0 Å². The number of ether oxygens (including phenoxy) is 1. The SMILES string of the molecule is CCOC(=O)C(CC(C)C)NC(=O)c1nc(NC2CCCCC2N=C(N)N)c2cc(C)ccc2n1. The molecule has 1 aromatic carbocycles. The number of aryl methyl sites for hydroxylation is 1. The first-order valence-corrected chi connectivity index (χ1v) is 12.3. The number of esters is 1. The van der Waals surface area contributed by atoms with Gasteiger partial charge in [-0.25, -0.2) is 19.8 Å². The number of guanidine groups is 1. The van der Waals surface area contributed by atoms with Gasteiger partial charge in [-0.1, -0.05) is 38.3 Å². The van der Waals surface area contributed by atoms with Crippen LogP contribution in [-0.2, 0) is 9.53 Å². The van der Waals surface area contributed by atoms with Crippen molar-refractivity contribution < 1.29 is 14.3 Å². The average Bonchev–Trinajstić information content (AvgIpc) is 2.79. The number of nitrogens with zero attached hydrogens (tertiary/aromatic N) is 3. The molecule has 190 valence electrons. The predicted octanol–water partition coefficient (Wildman–Crippen LogP) is 2.64. The quantitative estimate of drug-likeness (QED) is 0.241. The van der Waals surface area contributed by atoms with Crippen LogP contribution >= 0.6 is 0 Å². The van der Waals surface area contributed by atoms with E-state index in [0.29, 0.717) is 17.8 Å². The molecule has 0 spiro atoms. The zero-order chi connectivity index (χ0) is 25.5. The van der Waals surface area contributed by atoms with Crippen LogP contribution in [0, 0.1) is 12.8 Å². The van der Waals surface area contributed by atoms with Gasteiger partial charge in [0.15, 0.2) is 5.96 Å². The van der Waals surface area contributed by atoms with Gasteiger partial charge in [-0.15, -0.1) is 0 Å². The Balaban J connectivity index is 1.95. The highest BCUT2D eigenvalue weighted by Gasteiger charge is 2.28. The van der Waals surface area contributed by atoms with Crippen LogP contribution < -0.4 is 22.1 Å². The third-order valence-electron chi connectivity index (χ3n) is 6.00. The standard InChI is InChI=1S/C25H37N7O3/c1-5-35-24(34)20(12-14(2)3)30-23(33)22-28-17-11-10-15(4)13-16(17)21(32-22)29-18-8-6-7-9-19(18)31-25(26)27/h10-11,13-14,18-20H,5-9,12H2,1-4H3,(H,30,33)(H4,26,27,31)(H,28,29,32). The maximum atomic E-state index is 13.2. The second-order valence-corrected chi connectivity index (χ2v) is 9.48. The molecule has 10 nitrogen and oxygen atoms in total. The summed E-state index contributed by atoms with van der Waals surface area (Å²) in [6, 6.07) is 4.89. The van der Waals surface area contributed by atoms with Crippen LogP contribution in [-0.4, -0.2) is 52.5 Å². The Bertz CT molecular complexity index is 1080. The lowest BCUT2D eigenvalue weighted by Crippen LogP contribution is -2.43. The maximum Gasteiger partial charge on any atom is 0.328 e. The molecular formula is C25H37N7O3. The summed E-state index contributed by atoms with van der Waals surface area (Å²) < 4.78 is 5.15. The lowest BCUT2D eigenvalue weighted by Gasteiger charge is -2.30. The molecule has 1 aliphatic carbocycles. The molecule has 1 aliphatic rings. The Labute approximate surface area is 206 Å². The molecular weight excluding hydrogens is 446 g/mol. The minimum absolute atomic E-state index is 0.0175. The number of carbonyl (C=O) groups is 2. The Morgan fingerprint density at radius 1 is 1.20 bits per heavy atom. The first-order chi connectivity index (χ1) is 16.7. The van der Waals surface area contributed by atoms with E-state index in [0.717, 1.165) is 36.6 Å². The molecule has 3 unspecified atom stereocenters. The Morgan fingerprint density at radius 3 is 2.63 bits per heavy atom. The highest BCUT2D eigenvalue weighted by molar-refractivity contribution is 5.98. The molecule has 0 aliphatic heterocycles. The highest BCUT2D eigenvalue weighted by atomic mass is 16.5. The van der Waals surface area contributed by atoms with Gasteiger partial charge >= 0.3 is 5.97 Å². The first kappa shape index (κ1) is 26.2. The third kappa shape index (κ3) is 7.03. The lowest BCUT2D eigenvalue weighted by atomic mass is 9.90. The van der Waals surface area contributed by atoms with Crippen LogP contribution in [0.4, 0.5) is 5.82 Å². The van der Waals surface area contributed by atoms with E-state index in [1.165, 1.54) is 0 Å². The van der Waals surface area contributed by atoms with Crippen LogP contribution in [0.1, 0.15) is 69.1 Å². The van der Waals surface area contributed by atoms with Crippen LogP contribution in [0.25, 0.3) is 10.9 Å². The van der Waals surface area contributed by atoms with Crippen molar-refractivity contribution in [3.05, 3.63) is 29.6 Å². The summed E-state index contributed by atoms with van der Waals surface area (Å²) in [6.07, 6.45) is 4.27. The lowest BCUT2D eigenvalue weighted by molar-refractivity contribution is -0.145. The zero-order valence-electron chi connectivity index (χ0n) is 21.0. The Morgan fingerprint density at radius 2 is 1.94 bits per heavy atom. The molecule has 3 atom stereocenters. The fourth-order valence-corrected chi connectivity index (χ4v) is 4.41. The van der Waals surface area contributed by atoms with E-state index in [-0.39, 0.29) is 36.4 Å². The molecule has 1 aromatic heterocycles. The number of aliphatic imine (C=N–C) groups is 1. The molecule has 10 heteroatoms. The summed E-state index contributed by atoms with van der Waals surface area (Å²) in [5.41, 5.74) is 13.0. The highest BCUT2D eigenvalue weighted by Crippen LogP contribution is 2.28. The van der Waals surface area contributed by atoms with Crippen molar-refractivity contribution in [3.8, 4) is 0 Å². The number of hydrogen-bond donors (Lipinski definition) is 4. The molecule has 35 heavy (non-hydrogen) atoms. The van der Waals surface area contributed by atoms with E-state index in [4.69, 9.17) is 16.2 Å². The van der Waals surface area contributed by atoms with E-state index in [9.17, 15) is 9.59 Å². The second-order valence-electron chi connectivity index (χ2n) is 9.48. The van der Waals surface area contributed by atoms with Crippen LogP contribution in [0.5, 0.6) is 0 Å². The van der Waals surface area contributed by atoms with Crippen molar-refractivity contribution in [1.82, 2.24) is 15.3 Å². The molecule has 1 saturated carbocycles. The normalized spacial score (nSPS) is 18.7. The average molecular weight is 484 g/mol. The molecule has 0 radical (unpaired) electrons. The monoisotopic (exact) mass is 483 g/mol. The van der Waals surface area contributed by atoms with Gasteiger partial charge in [-0.05, 0) is 51.2 Å². The number of fused-ring (bicyclic) bond motifs is 1. The number of carbonyl (C=O) groups excluding carboxylic acids is 2. The molecule has 0 bridgehead atoms. The van der Waals surface area contributed by atoms with Crippen molar-refractivity contribution in [1.29, 1.82) is 0 Å². The van der Waals surface area contributed by atoms with Crippen LogP contribution in [0.3, 0.4) is 0 Å². The molecule has 6 N–H and O–H groups in total. The summed E-state index contributed by atoms with van der Waals surface area (Å²) in [4.78, 5) is 39.1. The van der Waals surface area contributed by atoms with Gasteiger partial charge in [0.2, 0.25) is 5.82 Å². The van der Waals surface area contributed by atoms with Crippen molar-refractivity contribution in [2.75, 3.05) is 11.9 Å². The number of nitrogens with one attached hydrogen (secondary N) is 2. The number of aromatic nitrogens is 2. The van der Waals surface area contributed by atoms with E-state index >= 15 is 0 Å². The number of rotatable bonds is 9. The van der Waals surface area contributed by atoms with E-state index in [1.807, 2.05) is 39.0 Å². The molecule has 1 heterocycles. The fourth-order valence-electron chi connectivity index (χ4n) is 4.41. The van der Waals surface area contributed by atoms with E-state index in [1.54, 1.807) is 6.92 Å². The summed E-state index contributed by atoms with van der Waals surface area (Å²) in [5, 5.41) is 7.06. The van der Waals surface area contributed by atoms with Gasteiger partial charge in [-0.3, -0.25) is 4.79 Å². The van der Waals surface area contributed by atoms with Gasteiger partial charge in [0, 0.05) is 5.39 Å². The van der Waals surface area contributed by atoms with Gasteiger partial charge in [0.25, 0.3) is 5.91 Å². The molecule has 0 saturated heterocycles. The van der Waals surface area contributed by atoms with Gasteiger partial charge in [0.1, 0.15) is 11.9 Å². The molecule has 2 aromatic rings. The Kier molecular flexibility index (Phi) is 8.84. The molecule has 1 fully saturated rings. The van der Waals surface area contributed by atoms with Crippen molar-refractivity contribution in [2.45, 2.75) is 77.9 Å². The third-order valence-corrected chi connectivity index (χ3v) is 6.00. The number of hydrogen-bond acceptors (Lipinski definition) is 7. The van der Waals surface area contributed by atoms with Gasteiger partial charge in [0.05, 0.1) is 24.2 Å². The van der Waals surface area contributed by atoms with E-state index in [2.05, 4.69) is 25.6 Å². The fraction of sp³-hybridized carbons (Fsp3) is 0.560. The second kappa shape index (κ2) is 11.8. The van der Waals surface area contributed by atoms with E-state index < -0.39 is 17.9 Å². The first-order valence-electron chi connectivity index (χ1n) is 12.3. The molecule has 3 rings (SSSR count). The van der Waals surface area contributed by atoms with Crippen LogP contribution in [0.15, 0.2) is 23.2 Å². The minimum atomic E-state index is -0.777. The van der Waals surface area contributed by atoms with Gasteiger partial charge < -0.3 is 26.8 Å². The topological polar surface area (TPSA) is 158 Å². The minimum Gasteiger partial charge on any atom is -0.464 e. The summed E-state index contributed by atoms with van der Waals surface area (Å²) in [7, 11) is 0. The van der Waals surface area contributed by atoms with Crippen molar-refractivity contribution >= 4 is 34.6 Å². The number of nitrogens with two attached hydrogens (primary N) is 2. The smallest absolute Gasteiger partial charge is 0.328 e. The number of anilines is 1. The number of benzene rings is 1.